The van der Waals surface area contributed by atoms with Gasteiger partial charge in [0.15, 0.2) is 5.82 Å². The molecule has 0 saturated carbocycles. The van der Waals surface area contributed by atoms with Gasteiger partial charge >= 0.3 is 0 Å². The maximum atomic E-state index is 15.2. The molecule has 3 N–H and O–H groups in total. The summed E-state index contributed by atoms with van der Waals surface area (Å²) in [6.07, 6.45) is 2.33. The van der Waals surface area contributed by atoms with Gasteiger partial charge in [0.25, 0.3) is 5.91 Å². The molecular weight excluding hydrogens is 504 g/mol. The molecule has 5 rings (SSSR count). The number of methoxy groups -OCH3 is 1. The van der Waals surface area contributed by atoms with E-state index in [2.05, 4.69) is 20.2 Å². The Kier molecular flexibility index (Phi) is 8.15. The SMILES string of the molecule is COCCN(C)Cc1cc(-c2nc(-c3cc(F)c4c(c3)CCNC4=O)c(N)nc2F)ccc1C1CCOCC1. The Morgan fingerprint density at radius 2 is 1.92 bits per heavy atom. The van der Waals surface area contributed by atoms with Crippen LogP contribution in [0.2, 0.25) is 0 Å². The van der Waals surface area contributed by atoms with Crippen LogP contribution in [0.4, 0.5) is 14.6 Å². The third-order valence-corrected chi connectivity index (χ3v) is 7.43. The lowest BCUT2D eigenvalue weighted by atomic mass is 9.87. The van der Waals surface area contributed by atoms with Crippen LogP contribution < -0.4 is 11.1 Å². The zero-order chi connectivity index (χ0) is 27.5. The number of carbonyl (C=O) groups excluding carboxylic acids is 1. The maximum absolute atomic E-state index is 15.2. The zero-order valence-electron chi connectivity index (χ0n) is 22.2. The van der Waals surface area contributed by atoms with Crippen LogP contribution in [0.1, 0.15) is 45.8 Å². The number of halogens is 2. The Morgan fingerprint density at radius 3 is 2.69 bits per heavy atom. The molecule has 10 heteroatoms. The van der Waals surface area contributed by atoms with Crippen molar-refractivity contribution >= 4 is 11.7 Å². The molecule has 39 heavy (non-hydrogen) atoms. The molecule has 1 aromatic heterocycles. The Bertz CT molecular complexity index is 1380. The van der Waals surface area contributed by atoms with Crippen molar-refractivity contribution in [3.05, 3.63) is 64.4 Å². The summed E-state index contributed by atoms with van der Waals surface area (Å²) in [4.78, 5) is 22.8. The normalized spacial score (nSPS) is 15.9. The predicted molar refractivity (Wildman–Crippen MR) is 144 cm³/mol. The minimum atomic E-state index is -0.799. The number of hydrogen-bond acceptors (Lipinski definition) is 7. The van der Waals surface area contributed by atoms with Crippen LogP contribution in [0.15, 0.2) is 30.3 Å². The highest BCUT2D eigenvalue weighted by atomic mass is 19.1. The minimum Gasteiger partial charge on any atom is -0.383 e. The van der Waals surface area contributed by atoms with Crippen LogP contribution in [0.25, 0.3) is 22.5 Å². The number of anilines is 1. The predicted octanol–water partition coefficient (Wildman–Crippen LogP) is 3.93. The lowest BCUT2D eigenvalue weighted by Crippen LogP contribution is -2.32. The summed E-state index contributed by atoms with van der Waals surface area (Å²) in [5.41, 5.74) is 10.1. The largest absolute Gasteiger partial charge is 0.383 e. The van der Waals surface area contributed by atoms with Crippen molar-refractivity contribution in [2.24, 2.45) is 0 Å². The van der Waals surface area contributed by atoms with E-state index in [9.17, 15) is 9.18 Å². The van der Waals surface area contributed by atoms with Gasteiger partial charge in [-0.3, -0.25) is 9.69 Å². The molecule has 1 amide bonds. The highest BCUT2D eigenvalue weighted by molar-refractivity contribution is 5.97. The second kappa shape index (κ2) is 11.7. The van der Waals surface area contributed by atoms with Crippen molar-refractivity contribution in [1.82, 2.24) is 20.2 Å². The van der Waals surface area contributed by atoms with Gasteiger partial charge in [0.1, 0.15) is 17.2 Å². The second-order valence-corrected chi connectivity index (χ2v) is 10.1. The molecule has 0 atom stereocenters. The van der Waals surface area contributed by atoms with Gasteiger partial charge in [-0.15, -0.1) is 0 Å². The van der Waals surface area contributed by atoms with Crippen LogP contribution in [0.5, 0.6) is 0 Å². The van der Waals surface area contributed by atoms with Crippen LogP contribution in [0, 0.1) is 11.8 Å². The third kappa shape index (κ3) is 5.78. The number of aromatic nitrogens is 2. The summed E-state index contributed by atoms with van der Waals surface area (Å²) in [6.45, 7) is 3.83. The number of ether oxygens (including phenoxy) is 2. The highest BCUT2D eigenvalue weighted by Gasteiger charge is 2.25. The van der Waals surface area contributed by atoms with E-state index in [1.165, 1.54) is 11.6 Å². The van der Waals surface area contributed by atoms with Crippen molar-refractivity contribution in [1.29, 1.82) is 0 Å². The molecule has 0 unspecified atom stereocenters. The number of nitrogens with two attached hydrogens (primary N) is 1. The standard InChI is InChI=1S/C29H33F2N5O3/c1-36(9-12-38-2)16-21-14-19(3-4-22(21)17-6-10-39-11-7-17)25-27(31)35-28(32)26(34-25)20-13-18-5-8-33-29(37)24(18)23(30)15-20/h3-4,13-15,17H,5-12,16H2,1-2H3,(H2,32,35)(H,33,37). The lowest BCUT2D eigenvalue weighted by Gasteiger charge is -2.27. The Morgan fingerprint density at radius 1 is 1.13 bits per heavy atom. The van der Waals surface area contributed by atoms with Gasteiger partial charge in [-0.25, -0.2) is 9.37 Å². The molecule has 1 saturated heterocycles. The summed E-state index contributed by atoms with van der Waals surface area (Å²) in [5.74, 6) is -1.71. The van der Waals surface area contributed by atoms with Gasteiger partial charge in [0, 0.05) is 51.1 Å². The van der Waals surface area contributed by atoms with Gasteiger partial charge in [-0.2, -0.15) is 9.37 Å². The third-order valence-electron chi connectivity index (χ3n) is 7.43. The van der Waals surface area contributed by atoms with Crippen LogP contribution in [0.3, 0.4) is 0 Å². The number of benzene rings is 2. The van der Waals surface area contributed by atoms with E-state index in [0.717, 1.165) is 24.9 Å². The molecular formula is C29H33F2N5O3. The van der Waals surface area contributed by atoms with E-state index in [-0.39, 0.29) is 22.8 Å². The smallest absolute Gasteiger partial charge is 0.254 e. The zero-order valence-corrected chi connectivity index (χ0v) is 22.2. The van der Waals surface area contributed by atoms with Gasteiger partial charge in [-0.05, 0) is 67.1 Å². The summed E-state index contributed by atoms with van der Waals surface area (Å²) in [7, 11) is 3.69. The molecule has 0 bridgehead atoms. The van der Waals surface area contributed by atoms with Gasteiger partial charge in [0.2, 0.25) is 5.95 Å². The van der Waals surface area contributed by atoms with E-state index < -0.39 is 17.7 Å². The molecule has 3 aromatic rings. The molecule has 0 radical (unpaired) electrons. The molecule has 2 aromatic carbocycles. The van der Waals surface area contributed by atoms with Crippen LogP contribution in [-0.4, -0.2) is 67.8 Å². The molecule has 0 spiro atoms. The molecule has 2 aliphatic heterocycles. The molecule has 8 nitrogen and oxygen atoms in total. The Hall–Kier alpha value is -3.47. The van der Waals surface area contributed by atoms with Crippen molar-refractivity contribution in [3.63, 3.8) is 0 Å². The fourth-order valence-electron chi connectivity index (χ4n) is 5.39. The number of nitrogen functional groups attached to an aromatic ring is 1. The van der Waals surface area contributed by atoms with Crippen molar-refractivity contribution in [3.8, 4) is 22.5 Å². The number of amides is 1. The number of carbonyl (C=O) groups is 1. The average molecular weight is 538 g/mol. The van der Waals surface area contributed by atoms with Crippen LogP contribution >= 0.6 is 0 Å². The average Bonchev–Trinajstić information content (AvgIpc) is 2.92. The van der Waals surface area contributed by atoms with Crippen LogP contribution in [-0.2, 0) is 22.4 Å². The first-order chi connectivity index (χ1) is 18.9. The number of rotatable bonds is 8. The summed E-state index contributed by atoms with van der Waals surface area (Å²) < 4.78 is 41.0. The highest BCUT2D eigenvalue weighted by Crippen LogP contribution is 2.35. The maximum Gasteiger partial charge on any atom is 0.254 e. The first-order valence-corrected chi connectivity index (χ1v) is 13.2. The fraction of sp³-hybridized carbons (Fsp3) is 0.414. The molecule has 206 valence electrons. The van der Waals surface area contributed by atoms with E-state index in [1.54, 1.807) is 13.2 Å². The molecule has 3 heterocycles. The first-order valence-electron chi connectivity index (χ1n) is 13.2. The minimum absolute atomic E-state index is 0.0183. The van der Waals surface area contributed by atoms with Gasteiger partial charge < -0.3 is 20.5 Å². The van der Waals surface area contributed by atoms with E-state index in [1.807, 2.05) is 25.2 Å². The summed E-state index contributed by atoms with van der Waals surface area (Å²) >= 11 is 0. The quantitative estimate of drug-likeness (QED) is 0.449. The number of hydrogen-bond donors (Lipinski definition) is 2. The first kappa shape index (κ1) is 27.1. The van der Waals surface area contributed by atoms with Crippen molar-refractivity contribution in [2.45, 2.75) is 31.7 Å². The van der Waals surface area contributed by atoms with Gasteiger partial charge in [0.05, 0.1) is 12.2 Å². The topological polar surface area (TPSA) is 103 Å². The van der Waals surface area contributed by atoms with E-state index in [0.29, 0.717) is 61.9 Å². The summed E-state index contributed by atoms with van der Waals surface area (Å²) in [5, 5.41) is 2.65. The van der Waals surface area contributed by atoms with Gasteiger partial charge in [-0.1, -0.05) is 12.1 Å². The number of likely N-dealkylation sites (N-methyl/N-ethyl adjacent to an activating group) is 1. The van der Waals surface area contributed by atoms with Crippen molar-refractivity contribution < 1.29 is 23.0 Å². The number of nitrogens with one attached hydrogen (secondary N) is 1. The molecule has 2 aliphatic rings. The monoisotopic (exact) mass is 537 g/mol. The molecule has 1 fully saturated rings. The second-order valence-electron chi connectivity index (χ2n) is 10.1. The van der Waals surface area contributed by atoms with E-state index in [4.69, 9.17) is 15.2 Å². The fourth-order valence-corrected chi connectivity index (χ4v) is 5.39. The lowest BCUT2D eigenvalue weighted by molar-refractivity contribution is 0.0849. The molecule has 0 aliphatic carbocycles. The summed E-state index contributed by atoms with van der Waals surface area (Å²) in [6, 6.07) is 8.74. The number of fused-ring (bicyclic) bond motifs is 1. The van der Waals surface area contributed by atoms with E-state index >= 15 is 4.39 Å². The Balaban J connectivity index is 1.55. The Labute approximate surface area is 226 Å². The number of nitrogens with zero attached hydrogens (tertiary/aromatic N) is 3. The van der Waals surface area contributed by atoms with Crippen molar-refractivity contribution in [2.75, 3.05) is 52.8 Å².